The Morgan fingerprint density at radius 1 is 1.12 bits per heavy atom. The third kappa shape index (κ3) is 4.04. The number of aromatic nitrogens is 2. The Labute approximate surface area is 149 Å². The highest BCUT2D eigenvalue weighted by atomic mass is 16.2. The van der Waals surface area contributed by atoms with Crippen molar-refractivity contribution in [2.45, 2.75) is 44.2 Å². The van der Waals surface area contributed by atoms with E-state index in [2.05, 4.69) is 32.3 Å². The van der Waals surface area contributed by atoms with Crippen LogP contribution in [0.2, 0.25) is 0 Å². The van der Waals surface area contributed by atoms with Gasteiger partial charge < -0.3 is 5.32 Å². The third-order valence-corrected chi connectivity index (χ3v) is 5.20. The molecule has 0 aromatic carbocycles. The van der Waals surface area contributed by atoms with Gasteiger partial charge in [0.05, 0.1) is 0 Å². The topological polar surface area (TPSA) is 58.1 Å². The summed E-state index contributed by atoms with van der Waals surface area (Å²) in [6.45, 7) is 1.76. The zero-order valence-electron chi connectivity index (χ0n) is 14.8. The first-order chi connectivity index (χ1) is 12.2. The number of pyridine rings is 2. The number of hydrogen-bond acceptors (Lipinski definition) is 4. The number of aryl methyl sites for hydroxylation is 1. The first-order valence-corrected chi connectivity index (χ1v) is 9.00. The molecule has 1 saturated heterocycles. The number of likely N-dealkylation sites (N-methyl/N-ethyl adjacent to an activating group) is 1. The Balaban J connectivity index is 1.71. The van der Waals surface area contributed by atoms with Crippen LogP contribution in [0.1, 0.15) is 36.8 Å². The van der Waals surface area contributed by atoms with Crippen molar-refractivity contribution in [3.05, 3.63) is 60.2 Å². The number of amides is 1. The Morgan fingerprint density at radius 3 is 2.40 bits per heavy atom. The average Bonchev–Trinajstić information content (AvgIpc) is 3.06. The van der Waals surface area contributed by atoms with Gasteiger partial charge in [0.1, 0.15) is 5.54 Å². The molecule has 0 radical (unpaired) electrons. The molecule has 0 bridgehead atoms. The second-order valence-corrected chi connectivity index (χ2v) is 6.70. The number of nitrogens with zero attached hydrogens (tertiary/aromatic N) is 3. The lowest BCUT2D eigenvalue weighted by Gasteiger charge is -2.37. The molecular formula is C20H26N4O. The zero-order valence-corrected chi connectivity index (χ0v) is 14.8. The second-order valence-electron chi connectivity index (χ2n) is 6.70. The molecule has 25 heavy (non-hydrogen) atoms. The normalized spacial score (nSPS) is 20.5. The summed E-state index contributed by atoms with van der Waals surface area (Å²) in [7, 11) is 1.75. The van der Waals surface area contributed by atoms with Crippen LogP contribution in [-0.2, 0) is 17.8 Å². The van der Waals surface area contributed by atoms with Gasteiger partial charge in [-0.25, -0.2) is 0 Å². The van der Waals surface area contributed by atoms with E-state index in [1.54, 1.807) is 7.05 Å². The molecule has 0 aliphatic carbocycles. The largest absolute Gasteiger partial charge is 0.358 e. The van der Waals surface area contributed by atoms with E-state index in [9.17, 15) is 4.79 Å². The molecule has 1 atom stereocenters. The monoisotopic (exact) mass is 338 g/mol. The van der Waals surface area contributed by atoms with Crippen molar-refractivity contribution in [2.75, 3.05) is 13.6 Å². The van der Waals surface area contributed by atoms with E-state index in [1.165, 1.54) is 11.1 Å². The SMILES string of the molecule is CNC(=O)C1(CCCc2ccncc2)CCCN1Cc1ccncc1. The van der Waals surface area contributed by atoms with Crippen LogP contribution in [0.25, 0.3) is 0 Å². The van der Waals surface area contributed by atoms with Gasteiger partial charge in [-0.2, -0.15) is 0 Å². The highest BCUT2D eigenvalue weighted by Gasteiger charge is 2.46. The number of rotatable bonds is 7. The highest BCUT2D eigenvalue weighted by molar-refractivity contribution is 5.86. The molecule has 3 heterocycles. The van der Waals surface area contributed by atoms with E-state index >= 15 is 0 Å². The Hall–Kier alpha value is -2.27. The molecule has 1 unspecified atom stereocenters. The van der Waals surface area contributed by atoms with Crippen LogP contribution in [0.3, 0.4) is 0 Å². The van der Waals surface area contributed by atoms with Crippen LogP contribution in [0, 0.1) is 0 Å². The quantitative estimate of drug-likeness (QED) is 0.843. The van der Waals surface area contributed by atoms with Crippen LogP contribution in [0.5, 0.6) is 0 Å². The van der Waals surface area contributed by atoms with Gasteiger partial charge in [0, 0.05) is 38.4 Å². The maximum absolute atomic E-state index is 12.8. The van der Waals surface area contributed by atoms with E-state index in [1.807, 2.05) is 36.9 Å². The van der Waals surface area contributed by atoms with E-state index in [-0.39, 0.29) is 5.91 Å². The van der Waals surface area contributed by atoms with Crippen LogP contribution in [0.15, 0.2) is 49.1 Å². The van der Waals surface area contributed by atoms with Crippen molar-refractivity contribution < 1.29 is 4.79 Å². The van der Waals surface area contributed by atoms with Gasteiger partial charge in [-0.1, -0.05) is 0 Å². The lowest BCUT2D eigenvalue weighted by Crippen LogP contribution is -2.54. The summed E-state index contributed by atoms with van der Waals surface area (Å²) in [6.07, 6.45) is 12.1. The molecule has 2 aromatic heterocycles. The van der Waals surface area contributed by atoms with Gasteiger partial charge in [0.25, 0.3) is 0 Å². The molecule has 1 aliphatic rings. The lowest BCUT2D eigenvalue weighted by atomic mass is 9.87. The summed E-state index contributed by atoms with van der Waals surface area (Å²) in [5.41, 5.74) is 2.09. The van der Waals surface area contributed by atoms with Crippen LogP contribution >= 0.6 is 0 Å². The fourth-order valence-electron chi connectivity index (χ4n) is 3.89. The summed E-state index contributed by atoms with van der Waals surface area (Å²) in [6, 6.07) is 8.17. The van der Waals surface area contributed by atoms with Gasteiger partial charge >= 0.3 is 0 Å². The molecule has 1 amide bonds. The maximum Gasteiger partial charge on any atom is 0.240 e. The summed E-state index contributed by atoms with van der Waals surface area (Å²) in [5.74, 6) is 0.147. The van der Waals surface area contributed by atoms with Crippen molar-refractivity contribution in [3.8, 4) is 0 Å². The van der Waals surface area contributed by atoms with Crippen molar-refractivity contribution in [2.24, 2.45) is 0 Å². The molecule has 1 aliphatic heterocycles. The number of carbonyl (C=O) groups excluding carboxylic acids is 1. The fraction of sp³-hybridized carbons (Fsp3) is 0.450. The Kier molecular flexibility index (Phi) is 5.76. The van der Waals surface area contributed by atoms with E-state index < -0.39 is 5.54 Å². The molecule has 0 spiro atoms. The van der Waals surface area contributed by atoms with Gasteiger partial charge in [-0.3, -0.25) is 19.7 Å². The molecule has 3 rings (SSSR count). The molecule has 5 nitrogen and oxygen atoms in total. The van der Waals surface area contributed by atoms with Crippen molar-refractivity contribution in [1.29, 1.82) is 0 Å². The molecule has 132 valence electrons. The third-order valence-electron chi connectivity index (χ3n) is 5.20. The van der Waals surface area contributed by atoms with E-state index in [0.29, 0.717) is 0 Å². The minimum Gasteiger partial charge on any atom is -0.358 e. The Morgan fingerprint density at radius 2 is 1.76 bits per heavy atom. The van der Waals surface area contributed by atoms with Gasteiger partial charge in [-0.15, -0.1) is 0 Å². The van der Waals surface area contributed by atoms with Crippen LogP contribution in [-0.4, -0.2) is 39.9 Å². The van der Waals surface area contributed by atoms with Gasteiger partial charge in [0.15, 0.2) is 0 Å². The molecule has 0 saturated carbocycles. The number of likely N-dealkylation sites (tertiary alicyclic amines) is 1. The van der Waals surface area contributed by atoms with E-state index in [4.69, 9.17) is 0 Å². The number of hydrogen-bond donors (Lipinski definition) is 1. The molecule has 2 aromatic rings. The summed E-state index contributed by atoms with van der Waals surface area (Å²) in [5, 5.41) is 2.91. The maximum atomic E-state index is 12.8. The summed E-state index contributed by atoms with van der Waals surface area (Å²) < 4.78 is 0. The van der Waals surface area contributed by atoms with E-state index in [0.717, 1.165) is 45.2 Å². The average molecular weight is 338 g/mol. The first kappa shape index (κ1) is 17.5. The van der Waals surface area contributed by atoms with Crippen LogP contribution < -0.4 is 5.32 Å². The molecular weight excluding hydrogens is 312 g/mol. The molecule has 5 heteroatoms. The minimum absolute atomic E-state index is 0.147. The highest BCUT2D eigenvalue weighted by Crippen LogP contribution is 2.35. The second kappa shape index (κ2) is 8.21. The summed E-state index contributed by atoms with van der Waals surface area (Å²) >= 11 is 0. The van der Waals surface area contributed by atoms with Gasteiger partial charge in [-0.05, 0) is 74.0 Å². The summed E-state index contributed by atoms with van der Waals surface area (Å²) in [4.78, 5) is 23.3. The number of carbonyl (C=O) groups is 1. The van der Waals surface area contributed by atoms with Gasteiger partial charge in [0.2, 0.25) is 5.91 Å². The molecule has 1 N–H and O–H groups in total. The minimum atomic E-state index is -0.398. The van der Waals surface area contributed by atoms with Crippen LogP contribution in [0.4, 0.5) is 0 Å². The van der Waals surface area contributed by atoms with Crippen molar-refractivity contribution in [3.63, 3.8) is 0 Å². The fourth-order valence-corrected chi connectivity index (χ4v) is 3.89. The Bertz CT molecular complexity index is 677. The zero-order chi connectivity index (χ0) is 17.5. The van der Waals surface area contributed by atoms with Crippen molar-refractivity contribution in [1.82, 2.24) is 20.2 Å². The predicted molar refractivity (Wildman–Crippen MR) is 97.9 cm³/mol. The smallest absolute Gasteiger partial charge is 0.240 e. The number of nitrogens with one attached hydrogen (secondary N) is 1. The standard InChI is InChI=1S/C20H26N4O/c1-21-19(25)20(9-2-4-17-5-11-22-12-6-17)10-3-15-24(20)16-18-7-13-23-14-8-18/h5-8,11-14H,2-4,9-10,15-16H2,1H3,(H,21,25). The predicted octanol–water partition coefficient (Wildman–Crippen LogP) is 2.58. The first-order valence-electron chi connectivity index (χ1n) is 9.00. The lowest BCUT2D eigenvalue weighted by molar-refractivity contribution is -0.132. The van der Waals surface area contributed by atoms with Crippen molar-refractivity contribution >= 4 is 5.91 Å². The molecule has 1 fully saturated rings.